The van der Waals surface area contributed by atoms with Crippen LogP contribution in [0.4, 0.5) is 9.59 Å². The molecule has 0 saturated carbocycles. The normalized spacial score (nSPS) is 10.2. The van der Waals surface area contributed by atoms with E-state index < -0.39 is 12.2 Å². The molecule has 0 heterocycles. The van der Waals surface area contributed by atoms with E-state index in [0.717, 1.165) is 17.8 Å². The third-order valence-corrected chi connectivity index (χ3v) is 2.03. The highest BCUT2D eigenvalue weighted by Gasteiger charge is 2.07. The second-order valence-corrected chi connectivity index (χ2v) is 5.58. The molecule has 0 aliphatic carbocycles. The zero-order valence-electron chi connectivity index (χ0n) is 14.7. The van der Waals surface area contributed by atoms with Gasteiger partial charge in [-0.05, 0) is 18.4 Å². The molecule has 1 aromatic carbocycles. The molecule has 0 spiro atoms. The molecule has 0 aromatic heterocycles. The van der Waals surface area contributed by atoms with E-state index in [1.807, 2.05) is 30.3 Å². The number of amides is 2. The van der Waals surface area contributed by atoms with Crippen LogP contribution < -0.4 is 11.1 Å². The standard InChI is InChI=1S/C12H15NO3.C4H10.CH3NO2/c1-10(7-8-14)13-12(15)16-9-11-5-3-2-4-6-11;1-4(2)3;2-1(3)4/h2-6,8,10H,7,9H2,1H3,(H,13,15);4H,1-3H3;2H2,(H,3,4)/t10-;;/m0../s1. The van der Waals surface area contributed by atoms with Gasteiger partial charge in [0.05, 0.1) is 0 Å². The zero-order chi connectivity index (χ0) is 19.0. The summed E-state index contributed by atoms with van der Waals surface area (Å²) in [5.74, 6) is 0.833. The van der Waals surface area contributed by atoms with E-state index in [4.69, 9.17) is 14.6 Å². The molecule has 0 radical (unpaired) electrons. The fourth-order valence-corrected chi connectivity index (χ4v) is 1.17. The Morgan fingerprint density at radius 3 is 2.08 bits per heavy atom. The van der Waals surface area contributed by atoms with Crippen LogP contribution >= 0.6 is 0 Å². The van der Waals surface area contributed by atoms with Crippen molar-refractivity contribution in [2.75, 3.05) is 0 Å². The van der Waals surface area contributed by atoms with Crippen LogP contribution in [0.25, 0.3) is 0 Å². The second kappa shape index (κ2) is 15.3. The predicted octanol–water partition coefficient (Wildman–Crippen LogP) is 3.18. The minimum Gasteiger partial charge on any atom is -0.465 e. The molecular formula is C17H28N2O5. The molecule has 24 heavy (non-hydrogen) atoms. The summed E-state index contributed by atoms with van der Waals surface area (Å²) in [5.41, 5.74) is 4.96. The molecule has 1 atom stereocenters. The number of aldehydes is 1. The SMILES string of the molecule is CC(C)C.C[C@@H](CC=O)NC(=O)OCc1ccccc1.NC(=O)O. The monoisotopic (exact) mass is 340 g/mol. The van der Waals surface area contributed by atoms with E-state index in [1.165, 1.54) is 0 Å². The number of hydrogen-bond donors (Lipinski definition) is 3. The Morgan fingerprint density at radius 2 is 1.67 bits per heavy atom. The molecule has 0 bridgehead atoms. The average molecular weight is 340 g/mol. The van der Waals surface area contributed by atoms with Crippen LogP contribution in [0.1, 0.15) is 39.7 Å². The zero-order valence-corrected chi connectivity index (χ0v) is 14.7. The van der Waals surface area contributed by atoms with Crippen molar-refractivity contribution in [2.45, 2.75) is 46.8 Å². The average Bonchev–Trinajstić information content (AvgIpc) is 2.45. The van der Waals surface area contributed by atoms with Gasteiger partial charge in [-0.25, -0.2) is 9.59 Å². The fraction of sp³-hybridized carbons (Fsp3) is 0.471. The summed E-state index contributed by atoms with van der Waals surface area (Å²) in [4.78, 5) is 30.2. The van der Waals surface area contributed by atoms with Crippen LogP contribution in [0.5, 0.6) is 0 Å². The van der Waals surface area contributed by atoms with Crippen molar-refractivity contribution in [3.8, 4) is 0 Å². The summed E-state index contributed by atoms with van der Waals surface area (Å²) in [6.07, 6.45) is -0.777. The third-order valence-electron chi connectivity index (χ3n) is 2.03. The maximum Gasteiger partial charge on any atom is 0.407 e. The smallest absolute Gasteiger partial charge is 0.407 e. The molecule has 0 saturated heterocycles. The molecule has 1 rings (SSSR count). The highest BCUT2D eigenvalue weighted by molar-refractivity contribution is 5.68. The first-order valence-corrected chi connectivity index (χ1v) is 7.58. The van der Waals surface area contributed by atoms with Crippen LogP contribution in [0.3, 0.4) is 0 Å². The number of alkyl carbamates (subject to hydrolysis) is 1. The van der Waals surface area contributed by atoms with Crippen molar-refractivity contribution < 1.29 is 24.2 Å². The van der Waals surface area contributed by atoms with E-state index in [9.17, 15) is 9.59 Å². The summed E-state index contributed by atoms with van der Waals surface area (Å²) < 4.78 is 4.98. The van der Waals surface area contributed by atoms with Crippen LogP contribution in [0, 0.1) is 5.92 Å². The molecule has 1 aromatic rings. The lowest BCUT2D eigenvalue weighted by molar-refractivity contribution is -0.108. The lowest BCUT2D eigenvalue weighted by Gasteiger charge is -2.11. The Morgan fingerprint density at radius 1 is 1.21 bits per heavy atom. The van der Waals surface area contributed by atoms with Gasteiger partial charge in [0.15, 0.2) is 0 Å². The number of nitrogens with two attached hydrogens (primary N) is 1. The minimum atomic E-state index is -1.33. The molecule has 0 unspecified atom stereocenters. The van der Waals surface area contributed by atoms with Crippen LogP contribution in [0.2, 0.25) is 0 Å². The lowest BCUT2D eigenvalue weighted by Crippen LogP contribution is -2.33. The van der Waals surface area contributed by atoms with E-state index in [2.05, 4.69) is 31.8 Å². The summed E-state index contributed by atoms with van der Waals surface area (Å²) in [5, 5.41) is 9.75. The summed E-state index contributed by atoms with van der Waals surface area (Å²) in [6.45, 7) is 8.48. The van der Waals surface area contributed by atoms with E-state index >= 15 is 0 Å². The van der Waals surface area contributed by atoms with E-state index in [-0.39, 0.29) is 12.6 Å². The van der Waals surface area contributed by atoms with Crippen molar-refractivity contribution in [1.82, 2.24) is 5.32 Å². The van der Waals surface area contributed by atoms with Crippen molar-refractivity contribution in [2.24, 2.45) is 11.7 Å². The molecule has 7 nitrogen and oxygen atoms in total. The Balaban J connectivity index is 0. The number of carboxylic acid groups (broad SMARTS) is 1. The number of carbonyl (C=O) groups excluding carboxylic acids is 2. The van der Waals surface area contributed by atoms with E-state index in [0.29, 0.717) is 6.42 Å². The maximum atomic E-state index is 11.3. The number of rotatable bonds is 5. The van der Waals surface area contributed by atoms with Gasteiger partial charge in [0, 0.05) is 12.5 Å². The first-order valence-electron chi connectivity index (χ1n) is 7.58. The summed E-state index contributed by atoms with van der Waals surface area (Å²) in [7, 11) is 0. The highest BCUT2D eigenvalue weighted by Crippen LogP contribution is 2.00. The predicted molar refractivity (Wildman–Crippen MR) is 92.6 cm³/mol. The van der Waals surface area contributed by atoms with Crippen molar-refractivity contribution in [3.63, 3.8) is 0 Å². The van der Waals surface area contributed by atoms with Gasteiger partial charge >= 0.3 is 12.2 Å². The minimum absolute atomic E-state index is 0.194. The van der Waals surface area contributed by atoms with Gasteiger partial charge < -0.3 is 25.7 Å². The van der Waals surface area contributed by atoms with Gasteiger partial charge in [-0.1, -0.05) is 51.1 Å². The van der Waals surface area contributed by atoms with Gasteiger partial charge in [-0.2, -0.15) is 0 Å². The molecule has 136 valence electrons. The quantitative estimate of drug-likeness (QED) is 0.711. The molecule has 7 heteroatoms. The molecule has 0 aliphatic heterocycles. The van der Waals surface area contributed by atoms with Crippen LogP contribution in [-0.4, -0.2) is 29.6 Å². The Bertz CT molecular complexity index is 457. The van der Waals surface area contributed by atoms with Crippen molar-refractivity contribution in [1.29, 1.82) is 0 Å². The van der Waals surface area contributed by atoms with Gasteiger partial charge in [0.25, 0.3) is 0 Å². The number of nitrogens with one attached hydrogen (secondary N) is 1. The third kappa shape index (κ3) is 21.7. The second-order valence-electron chi connectivity index (χ2n) is 5.58. The number of carbonyl (C=O) groups is 3. The van der Waals surface area contributed by atoms with Crippen molar-refractivity contribution >= 4 is 18.5 Å². The number of primary amides is 1. The highest BCUT2D eigenvalue weighted by atomic mass is 16.5. The Labute approximate surface area is 143 Å². The van der Waals surface area contributed by atoms with Crippen LogP contribution in [-0.2, 0) is 16.1 Å². The molecule has 0 fully saturated rings. The maximum absolute atomic E-state index is 11.3. The number of hydrogen-bond acceptors (Lipinski definition) is 4. The first-order chi connectivity index (χ1) is 11.2. The lowest BCUT2D eigenvalue weighted by atomic mass is 10.2. The van der Waals surface area contributed by atoms with Gasteiger partial charge in [0.2, 0.25) is 0 Å². The summed E-state index contributed by atoms with van der Waals surface area (Å²) >= 11 is 0. The summed E-state index contributed by atoms with van der Waals surface area (Å²) in [6, 6.07) is 9.22. The topological polar surface area (TPSA) is 119 Å². The largest absolute Gasteiger partial charge is 0.465 e. The molecule has 4 N–H and O–H groups in total. The Hall–Kier alpha value is -2.57. The van der Waals surface area contributed by atoms with Crippen LogP contribution in [0.15, 0.2) is 30.3 Å². The fourth-order valence-electron chi connectivity index (χ4n) is 1.17. The molecule has 2 amide bonds. The van der Waals surface area contributed by atoms with Crippen molar-refractivity contribution in [3.05, 3.63) is 35.9 Å². The van der Waals surface area contributed by atoms with E-state index in [1.54, 1.807) is 6.92 Å². The number of benzene rings is 1. The van der Waals surface area contributed by atoms with Gasteiger partial charge in [0.1, 0.15) is 12.9 Å². The van der Waals surface area contributed by atoms with Gasteiger partial charge in [-0.3, -0.25) is 0 Å². The first kappa shape index (κ1) is 23.7. The van der Waals surface area contributed by atoms with Gasteiger partial charge in [-0.15, -0.1) is 0 Å². The number of ether oxygens (including phenoxy) is 1. The molecular weight excluding hydrogens is 312 g/mol. The molecule has 0 aliphatic rings. The Kier molecular flexibility index (Phi) is 15.1.